The maximum atomic E-state index is 12.1. The molecule has 4 heteroatoms. The summed E-state index contributed by atoms with van der Waals surface area (Å²) in [4.78, 5) is 12.1. The zero-order valence-corrected chi connectivity index (χ0v) is 13.6. The monoisotopic (exact) mass is 311 g/mol. The van der Waals surface area contributed by atoms with Gasteiger partial charge in [0.25, 0.3) is 0 Å². The third-order valence-corrected chi connectivity index (χ3v) is 3.51. The van der Waals surface area contributed by atoms with E-state index < -0.39 is 0 Å². The fourth-order valence-electron chi connectivity index (χ4n) is 2.22. The number of ether oxygens (including phenoxy) is 2. The molecule has 0 radical (unpaired) electrons. The van der Waals surface area contributed by atoms with Gasteiger partial charge in [0.2, 0.25) is 5.91 Å². The molecule has 120 valence electrons. The Kier molecular flexibility index (Phi) is 5.80. The summed E-state index contributed by atoms with van der Waals surface area (Å²) in [6.45, 7) is 1.95. The Morgan fingerprint density at radius 3 is 2.48 bits per heavy atom. The van der Waals surface area contributed by atoms with Crippen molar-refractivity contribution in [2.45, 2.75) is 13.0 Å². The minimum absolute atomic E-state index is 0.0550. The van der Waals surface area contributed by atoms with Gasteiger partial charge in [-0.2, -0.15) is 0 Å². The molecule has 2 aromatic carbocycles. The molecule has 1 amide bonds. The predicted octanol–water partition coefficient (Wildman–Crippen LogP) is 3.59. The van der Waals surface area contributed by atoms with E-state index in [0.717, 1.165) is 11.1 Å². The quantitative estimate of drug-likeness (QED) is 0.829. The van der Waals surface area contributed by atoms with Gasteiger partial charge in [0, 0.05) is 11.6 Å². The van der Waals surface area contributed by atoms with Crippen molar-refractivity contribution in [2.24, 2.45) is 0 Å². The third kappa shape index (κ3) is 4.61. The van der Waals surface area contributed by atoms with Crippen LogP contribution in [0.25, 0.3) is 6.08 Å². The van der Waals surface area contributed by atoms with Crippen LogP contribution in [0.3, 0.4) is 0 Å². The van der Waals surface area contributed by atoms with Crippen molar-refractivity contribution < 1.29 is 14.3 Å². The maximum absolute atomic E-state index is 12.1. The van der Waals surface area contributed by atoms with E-state index in [1.165, 1.54) is 6.08 Å². The van der Waals surface area contributed by atoms with Crippen molar-refractivity contribution in [2.75, 3.05) is 14.2 Å². The second-order valence-corrected chi connectivity index (χ2v) is 5.08. The molecule has 4 nitrogen and oxygen atoms in total. The van der Waals surface area contributed by atoms with E-state index in [-0.39, 0.29) is 11.9 Å². The third-order valence-electron chi connectivity index (χ3n) is 3.51. The second kappa shape index (κ2) is 8.03. The Balaban J connectivity index is 2.06. The minimum Gasteiger partial charge on any atom is -0.497 e. The highest BCUT2D eigenvalue weighted by Gasteiger charge is 2.07. The molecule has 2 aromatic rings. The molecule has 0 aliphatic heterocycles. The number of hydrogen-bond acceptors (Lipinski definition) is 3. The highest BCUT2D eigenvalue weighted by atomic mass is 16.5. The highest BCUT2D eigenvalue weighted by molar-refractivity contribution is 5.92. The summed E-state index contributed by atoms with van der Waals surface area (Å²) in [6, 6.07) is 15.2. The first-order valence-corrected chi connectivity index (χ1v) is 7.39. The summed E-state index contributed by atoms with van der Waals surface area (Å²) in [6.07, 6.45) is 3.21. The molecule has 0 heterocycles. The first-order valence-electron chi connectivity index (χ1n) is 7.39. The van der Waals surface area contributed by atoms with E-state index in [2.05, 4.69) is 5.32 Å². The molecule has 0 aliphatic carbocycles. The van der Waals surface area contributed by atoms with Crippen molar-refractivity contribution in [3.63, 3.8) is 0 Å². The lowest BCUT2D eigenvalue weighted by atomic mass is 10.1. The van der Waals surface area contributed by atoms with Crippen LogP contribution in [0, 0.1) is 0 Å². The van der Waals surface area contributed by atoms with E-state index in [4.69, 9.17) is 9.47 Å². The van der Waals surface area contributed by atoms with Crippen LogP contribution in [0.4, 0.5) is 0 Å². The van der Waals surface area contributed by atoms with Gasteiger partial charge in [0.1, 0.15) is 11.5 Å². The zero-order chi connectivity index (χ0) is 16.7. The number of carbonyl (C=O) groups is 1. The van der Waals surface area contributed by atoms with Gasteiger partial charge in [-0.25, -0.2) is 0 Å². The lowest BCUT2D eigenvalue weighted by Gasteiger charge is -2.12. The lowest BCUT2D eigenvalue weighted by molar-refractivity contribution is -0.117. The summed E-state index contributed by atoms with van der Waals surface area (Å²) >= 11 is 0. The molecular weight excluding hydrogens is 290 g/mol. The fourth-order valence-corrected chi connectivity index (χ4v) is 2.22. The van der Waals surface area contributed by atoms with Gasteiger partial charge < -0.3 is 14.8 Å². The summed E-state index contributed by atoms with van der Waals surface area (Å²) in [7, 11) is 3.19. The number of benzene rings is 2. The Bertz CT molecular complexity index is 680. The van der Waals surface area contributed by atoms with Crippen LogP contribution in [0.2, 0.25) is 0 Å². The largest absolute Gasteiger partial charge is 0.497 e. The van der Waals surface area contributed by atoms with Crippen LogP contribution < -0.4 is 14.8 Å². The first-order chi connectivity index (χ1) is 11.1. The van der Waals surface area contributed by atoms with Gasteiger partial charge in [0.05, 0.1) is 20.3 Å². The molecule has 0 fully saturated rings. The van der Waals surface area contributed by atoms with Crippen LogP contribution >= 0.6 is 0 Å². The van der Waals surface area contributed by atoms with Crippen LogP contribution in [0.5, 0.6) is 11.5 Å². The molecule has 0 aliphatic rings. The molecule has 0 aromatic heterocycles. The van der Waals surface area contributed by atoms with Gasteiger partial charge in [-0.05, 0) is 36.8 Å². The van der Waals surface area contributed by atoms with Gasteiger partial charge in [-0.15, -0.1) is 0 Å². The van der Waals surface area contributed by atoms with Gasteiger partial charge >= 0.3 is 0 Å². The number of nitrogens with one attached hydrogen (secondary N) is 1. The van der Waals surface area contributed by atoms with E-state index in [1.54, 1.807) is 20.3 Å². The van der Waals surface area contributed by atoms with Gasteiger partial charge in [-0.1, -0.05) is 30.3 Å². The summed E-state index contributed by atoms with van der Waals surface area (Å²) in [5.41, 5.74) is 1.85. The van der Waals surface area contributed by atoms with Crippen LogP contribution in [-0.2, 0) is 4.79 Å². The van der Waals surface area contributed by atoms with Crippen molar-refractivity contribution in [1.82, 2.24) is 5.32 Å². The summed E-state index contributed by atoms with van der Waals surface area (Å²) in [5.74, 6) is 1.24. The van der Waals surface area contributed by atoms with Crippen LogP contribution in [-0.4, -0.2) is 20.1 Å². The van der Waals surface area contributed by atoms with E-state index >= 15 is 0 Å². The second-order valence-electron chi connectivity index (χ2n) is 5.08. The maximum Gasteiger partial charge on any atom is 0.244 e. The summed E-state index contributed by atoms with van der Waals surface area (Å²) < 4.78 is 10.5. The number of carbonyl (C=O) groups excluding carboxylic acids is 1. The standard InChI is InChI=1S/C19H21NO3/c1-14(15-7-5-4-6-8-15)20-19(21)12-9-16-13-17(22-2)10-11-18(16)23-3/h4-14H,1-3H3,(H,20,21)/b12-9+/t14-/m0/s1. The van der Waals surface area contributed by atoms with Crippen LogP contribution in [0.15, 0.2) is 54.6 Å². The number of amides is 1. The fraction of sp³-hybridized carbons (Fsp3) is 0.211. The number of methoxy groups -OCH3 is 2. The molecule has 23 heavy (non-hydrogen) atoms. The van der Waals surface area contributed by atoms with E-state index in [9.17, 15) is 4.79 Å². The normalized spacial score (nSPS) is 12.0. The van der Waals surface area contributed by atoms with Gasteiger partial charge in [0.15, 0.2) is 0 Å². The smallest absolute Gasteiger partial charge is 0.244 e. The van der Waals surface area contributed by atoms with Crippen molar-refractivity contribution in [3.8, 4) is 11.5 Å². The van der Waals surface area contributed by atoms with E-state index in [0.29, 0.717) is 11.5 Å². The minimum atomic E-state index is -0.161. The molecule has 2 rings (SSSR count). The predicted molar refractivity (Wildman–Crippen MR) is 91.6 cm³/mol. The Morgan fingerprint density at radius 1 is 1.09 bits per heavy atom. The van der Waals surface area contributed by atoms with Crippen molar-refractivity contribution in [1.29, 1.82) is 0 Å². The topological polar surface area (TPSA) is 47.6 Å². The average molecular weight is 311 g/mol. The van der Waals surface area contributed by atoms with E-state index in [1.807, 2.05) is 55.5 Å². The molecule has 0 bridgehead atoms. The Morgan fingerprint density at radius 2 is 1.83 bits per heavy atom. The number of rotatable bonds is 6. The lowest BCUT2D eigenvalue weighted by Crippen LogP contribution is -2.24. The Hall–Kier alpha value is -2.75. The molecule has 0 unspecified atom stereocenters. The average Bonchev–Trinajstić information content (AvgIpc) is 2.60. The van der Waals surface area contributed by atoms with Crippen molar-refractivity contribution in [3.05, 3.63) is 65.7 Å². The SMILES string of the molecule is COc1ccc(OC)c(/C=C/C(=O)N[C@@H](C)c2ccccc2)c1. The van der Waals surface area contributed by atoms with Gasteiger partial charge in [-0.3, -0.25) is 4.79 Å². The molecule has 0 saturated carbocycles. The van der Waals surface area contributed by atoms with Crippen LogP contribution in [0.1, 0.15) is 24.1 Å². The zero-order valence-electron chi connectivity index (χ0n) is 13.6. The molecule has 1 atom stereocenters. The number of hydrogen-bond donors (Lipinski definition) is 1. The first kappa shape index (κ1) is 16.6. The Labute approximate surface area is 136 Å². The summed E-state index contributed by atoms with van der Waals surface area (Å²) in [5, 5.41) is 2.93. The molecule has 1 N–H and O–H groups in total. The molecular formula is C19H21NO3. The molecule has 0 spiro atoms. The van der Waals surface area contributed by atoms with Crippen molar-refractivity contribution >= 4 is 12.0 Å². The molecule has 0 saturated heterocycles. The highest BCUT2D eigenvalue weighted by Crippen LogP contribution is 2.25.